The molecule has 0 aliphatic rings. The monoisotopic (exact) mass is 351 g/mol. The first-order chi connectivity index (χ1) is 12.5. The van der Waals surface area contributed by atoms with E-state index < -0.39 is 17.1 Å². The normalized spacial score (nSPS) is 10.6. The van der Waals surface area contributed by atoms with Crippen LogP contribution in [0.3, 0.4) is 0 Å². The summed E-state index contributed by atoms with van der Waals surface area (Å²) in [5.74, 6) is -0.774. The molecule has 3 aromatic rings. The average Bonchev–Trinajstić information content (AvgIpc) is 2.66. The van der Waals surface area contributed by atoms with E-state index in [9.17, 15) is 19.8 Å². The van der Waals surface area contributed by atoms with Crippen LogP contribution in [0.5, 0.6) is 11.5 Å². The number of rotatable bonds is 6. The van der Waals surface area contributed by atoms with Gasteiger partial charge in [-0.1, -0.05) is 18.2 Å². The first-order valence-corrected chi connectivity index (χ1v) is 8.10. The second-order valence-electron chi connectivity index (χ2n) is 5.77. The van der Waals surface area contributed by atoms with Crippen molar-refractivity contribution in [2.45, 2.75) is 19.3 Å². The number of hydrogen-bond acceptors (Lipinski definition) is 6. The van der Waals surface area contributed by atoms with E-state index in [1.165, 1.54) is 0 Å². The number of phenolic OH excluding ortho intramolecular Hbond substituents is 1. The number of aryl methyl sites for hydroxylation is 1. The maximum atomic E-state index is 12.4. The van der Waals surface area contributed by atoms with Gasteiger partial charge < -0.3 is 15.2 Å². The van der Waals surface area contributed by atoms with Gasteiger partial charge in [0, 0.05) is 12.6 Å². The van der Waals surface area contributed by atoms with Gasteiger partial charge in [0.05, 0.1) is 0 Å². The summed E-state index contributed by atoms with van der Waals surface area (Å²) in [5, 5.41) is 19.2. The van der Waals surface area contributed by atoms with E-state index in [4.69, 9.17) is 0 Å². The largest absolute Gasteiger partial charge is 0.508 e. The van der Waals surface area contributed by atoms with Crippen LogP contribution in [-0.4, -0.2) is 30.9 Å². The fraction of sp³-hybridized carbons (Fsp3) is 0.158. The molecule has 0 saturated heterocycles. The highest BCUT2D eigenvalue weighted by Crippen LogP contribution is 2.18. The molecule has 0 amide bonds. The van der Waals surface area contributed by atoms with Crippen LogP contribution in [-0.2, 0) is 6.42 Å². The van der Waals surface area contributed by atoms with E-state index in [1.54, 1.807) is 48.7 Å². The zero-order valence-corrected chi connectivity index (χ0v) is 13.8. The molecule has 0 unspecified atom stereocenters. The Bertz CT molecular complexity index is 966. The average molecular weight is 351 g/mol. The third-order valence-electron chi connectivity index (χ3n) is 3.87. The topological polar surface area (TPSA) is 116 Å². The Morgan fingerprint density at radius 1 is 1.08 bits per heavy atom. The Morgan fingerprint density at radius 3 is 2.54 bits per heavy atom. The summed E-state index contributed by atoms with van der Waals surface area (Å²) in [4.78, 5) is 34.9. The smallest absolute Gasteiger partial charge is 0.294 e. The van der Waals surface area contributed by atoms with Crippen molar-refractivity contribution < 1.29 is 15.0 Å². The van der Waals surface area contributed by atoms with E-state index in [1.807, 2.05) is 0 Å². The molecule has 2 aromatic heterocycles. The lowest BCUT2D eigenvalue weighted by Crippen LogP contribution is -2.16. The number of benzene rings is 1. The second kappa shape index (κ2) is 7.60. The minimum absolute atomic E-state index is 0.131. The Labute approximate surface area is 149 Å². The van der Waals surface area contributed by atoms with Crippen molar-refractivity contribution in [3.63, 3.8) is 0 Å². The Balaban J connectivity index is 1.75. The SMILES string of the molecule is O=C(CCCc1ccc(O)cc1)c1nc(-c2ccccn2)[nH]c(=O)c1O. The Kier molecular flexibility index (Phi) is 5.07. The maximum absolute atomic E-state index is 12.4. The minimum Gasteiger partial charge on any atom is -0.508 e. The number of phenols is 1. The molecule has 1 aromatic carbocycles. The highest BCUT2D eigenvalue weighted by Gasteiger charge is 2.18. The van der Waals surface area contributed by atoms with Gasteiger partial charge in [-0.05, 0) is 42.7 Å². The lowest BCUT2D eigenvalue weighted by atomic mass is 10.0. The molecule has 0 spiro atoms. The van der Waals surface area contributed by atoms with Gasteiger partial charge in [-0.3, -0.25) is 14.6 Å². The number of carbonyl (C=O) groups is 1. The molecule has 132 valence electrons. The summed E-state index contributed by atoms with van der Waals surface area (Å²) in [5.41, 5.74) is 0.359. The number of pyridine rings is 1. The second-order valence-corrected chi connectivity index (χ2v) is 5.77. The van der Waals surface area contributed by atoms with Crippen LogP contribution in [0.15, 0.2) is 53.5 Å². The Hall–Kier alpha value is -3.48. The number of aromatic nitrogens is 3. The van der Waals surface area contributed by atoms with E-state index >= 15 is 0 Å². The number of nitrogens with zero attached hydrogens (tertiary/aromatic N) is 2. The van der Waals surface area contributed by atoms with Crippen molar-refractivity contribution in [2.75, 3.05) is 0 Å². The molecule has 0 aliphatic heterocycles. The van der Waals surface area contributed by atoms with E-state index in [-0.39, 0.29) is 23.7 Å². The number of aromatic hydroxyl groups is 2. The van der Waals surface area contributed by atoms with Crippen LogP contribution in [0.4, 0.5) is 0 Å². The standard InChI is InChI=1S/C19H17N3O4/c23-13-9-7-12(8-10-13)4-3-6-15(24)16-17(25)19(26)22-18(21-16)14-5-1-2-11-20-14/h1-2,5,7-11,23,25H,3-4,6H2,(H,21,22,26). The summed E-state index contributed by atoms with van der Waals surface area (Å²) in [6, 6.07) is 11.8. The summed E-state index contributed by atoms with van der Waals surface area (Å²) in [6.07, 6.45) is 2.83. The van der Waals surface area contributed by atoms with Crippen LogP contribution >= 0.6 is 0 Å². The van der Waals surface area contributed by atoms with Gasteiger partial charge in [-0.2, -0.15) is 0 Å². The molecule has 7 nitrogen and oxygen atoms in total. The number of carbonyl (C=O) groups excluding carboxylic acids is 1. The van der Waals surface area contributed by atoms with Gasteiger partial charge in [0.15, 0.2) is 17.3 Å². The molecule has 0 bridgehead atoms. The predicted octanol–water partition coefficient (Wildman–Crippen LogP) is 2.45. The minimum atomic E-state index is -0.775. The first-order valence-electron chi connectivity index (χ1n) is 8.10. The molecule has 2 heterocycles. The van der Waals surface area contributed by atoms with Crippen molar-refractivity contribution in [1.29, 1.82) is 0 Å². The molecule has 3 N–H and O–H groups in total. The quantitative estimate of drug-likeness (QED) is 0.587. The van der Waals surface area contributed by atoms with Gasteiger partial charge in [0.25, 0.3) is 5.56 Å². The summed E-state index contributed by atoms with van der Waals surface area (Å²) >= 11 is 0. The van der Waals surface area contributed by atoms with Crippen LogP contribution in [0.1, 0.15) is 28.9 Å². The van der Waals surface area contributed by atoms with Gasteiger partial charge in [0.1, 0.15) is 11.4 Å². The highest BCUT2D eigenvalue weighted by atomic mass is 16.3. The number of Topliss-reactive ketones (excluding diaryl/α,β-unsaturated/α-hetero) is 1. The number of nitrogens with one attached hydrogen (secondary N) is 1. The molecule has 0 aliphatic carbocycles. The Morgan fingerprint density at radius 2 is 1.85 bits per heavy atom. The summed E-state index contributed by atoms with van der Waals surface area (Å²) in [6.45, 7) is 0. The highest BCUT2D eigenvalue weighted by molar-refractivity contribution is 5.96. The first kappa shape index (κ1) is 17.3. The predicted molar refractivity (Wildman–Crippen MR) is 95.1 cm³/mol. The molecule has 7 heteroatoms. The van der Waals surface area contributed by atoms with Crippen molar-refractivity contribution >= 4 is 5.78 Å². The van der Waals surface area contributed by atoms with Gasteiger partial charge in [-0.25, -0.2) is 4.98 Å². The van der Waals surface area contributed by atoms with Gasteiger partial charge >= 0.3 is 0 Å². The zero-order valence-electron chi connectivity index (χ0n) is 13.8. The van der Waals surface area contributed by atoms with Gasteiger partial charge in [-0.15, -0.1) is 0 Å². The lowest BCUT2D eigenvalue weighted by molar-refractivity contribution is 0.0972. The number of hydrogen-bond donors (Lipinski definition) is 3. The number of H-pyrrole nitrogens is 1. The third kappa shape index (κ3) is 3.94. The maximum Gasteiger partial charge on any atom is 0.294 e. The summed E-state index contributed by atoms with van der Waals surface area (Å²) in [7, 11) is 0. The van der Waals surface area contributed by atoms with Crippen molar-refractivity contribution in [2.24, 2.45) is 0 Å². The zero-order chi connectivity index (χ0) is 18.5. The molecule has 0 atom stereocenters. The third-order valence-corrected chi connectivity index (χ3v) is 3.87. The van der Waals surface area contributed by atoms with E-state index in [2.05, 4.69) is 15.0 Å². The van der Waals surface area contributed by atoms with E-state index in [0.717, 1.165) is 5.56 Å². The molecular formula is C19H17N3O4. The van der Waals surface area contributed by atoms with Crippen LogP contribution < -0.4 is 5.56 Å². The fourth-order valence-corrected chi connectivity index (χ4v) is 2.52. The molecule has 0 saturated carbocycles. The molecular weight excluding hydrogens is 334 g/mol. The van der Waals surface area contributed by atoms with Crippen LogP contribution in [0.2, 0.25) is 0 Å². The number of ketones is 1. The molecule has 0 fully saturated rings. The molecule has 3 rings (SSSR count). The number of aromatic amines is 1. The fourth-order valence-electron chi connectivity index (χ4n) is 2.52. The molecule has 26 heavy (non-hydrogen) atoms. The molecule has 0 radical (unpaired) electrons. The van der Waals surface area contributed by atoms with Gasteiger partial charge in [0.2, 0.25) is 5.75 Å². The summed E-state index contributed by atoms with van der Waals surface area (Å²) < 4.78 is 0. The van der Waals surface area contributed by atoms with Crippen LogP contribution in [0, 0.1) is 0 Å². The van der Waals surface area contributed by atoms with Crippen LogP contribution in [0.25, 0.3) is 11.5 Å². The van der Waals surface area contributed by atoms with Crippen molar-refractivity contribution in [1.82, 2.24) is 15.0 Å². The van der Waals surface area contributed by atoms with E-state index in [0.29, 0.717) is 18.5 Å². The van der Waals surface area contributed by atoms with Crippen molar-refractivity contribution in [3.8, 4) is 23.0 Å². The van der Waals surface area contributed by atoms with Crippen molar-refractivity contribution in [3.05, 3.63) is 70.3 Å². The lowest BCUT2D eigenvalue weighted by Gasteiger charge is -2.06.